The molecule has 1 aliphatic heterocycles. The normalized spacial score (nSPS) is 21.0. The Balaban J connectivity index is 1.66. The lowest BCUT2D eigenvalue weighted by atomic mass is 9.87. The third kappa shape index (κ3) is 5.72. The maximum Gasteiger partial charge on any atom is 0.140 e. The zero-order chi connectivity index (χ0) is 19.0. The van der Waals surface area contributed by atoms with Gasteiger partial charge in [-0.15, -0.1) is 0 Å². The molecule has 1 aromatic rings. The van der Waals surface area contributed by atoms with E-state index in [0.29, 0.717) is 5.56 Å². The lowest BCUT2D eigenvalue weighted by Gasteiger charge is -2.43. The summed E-state index contributed by atoms with van der Waals surface area (Å²) in [5, 5.41) is 9.39. The first-order valence-corrected chi connectivity index (χ1v) is 11.2. The molecule has 3 nitrogen and oxygen atoms in total. The highest BCUT2D eigenvalue weighted by Crippen LogP contribution is 2.29. The highest BCUT2D eigenvalue weighted by molar-refractivity contribution is 5.47. The van der Waals surface area contributed by atoms with Crippen LogP contribution in [0.2, 0.25) is 0 Å². The van der Waals surface area contributed by atoms with E-state index in [1.807, 2.05) is 25.1 Å². The minimum absolute atomic E-state index is 0.668. The van der Waals surface area contributed by atoms with E-state index in [1.54, 1.807) is 0 Å². The Hall–Kier alpha value is -1.53. The van der Waals surface area contributed by atoms with Crippen LogP contribution in [-0.2, 0) is 0 Å². The second-order valence-corrected chi connectivity index (χ2v) is 8.88. The summed E-state index contributed by atoms with van der Waals surface area (Å²) in [6.45, 7) is 7.85. The molecule has 2 fully saturated rings. The Morgan fingerprint density at radius 1 is 1.00 bits per heavy atom. The highest BCUT2D eigenvalue weighted by Gasteiger charge is 2.32. The monoisotopic (exact) mass is 369 g/mol. The largest absolute Gasteiger partial charge is 0.486 e. The van der Waals surface area contributed by atoms with Crippen LogP contribution in [0, 0.1) is 24.2 Å². The Kier molecular flexibility index (Phi) is 7.59. The van der Waals surface area contributed by atoms with Crippen LogP contribution in [0.25, 0.3) is 0 Å². The van der Waals surface area contributed by atoms with Crippen molar-refractivity contribution in [1.82, 2.24) is 0 Å². The van der Waals surface area contributed by atoms with Crippen molar-refractivity contribution < 1.29 is 9.22 Å². The molecular weight excluding hydrogens is 332 g/mol. The maximum absolute atomic E-state index is 9.39. The maximum atomic E-state index is 9.39. The second-order valence-electron chi connectivity index (χ2n) is 8.88. The summed E-state index contributed by atoms with van der Waals surface area (Å²) in [6.07, 6.45) is 14.1. The van der Waals surface area contributed by atoms with E-state index in [1.165, 1.54) is 88.3 Å². The van der Waals surface area contributed by atoms with Crippen molar-refractivity contribution in [3.63, 3.8) is 0 Å². The molecule has 1 aromatic carbocycles. The van der Waals surface area contributed by atoms with Gasteiger partial charge in [-0.1, -0.05) is 37.8 Å². The Labute approximate surface area is 165 Å². The van der Waals surface area contributed by atoms with E-state index in [2.05, 4.69) is 6.07 Å². The molecule has 1 aliphatic carbocycles. The summed E-state index contributed by atoms with van der Waals surface area (Å²) in [7, 11) is 0. The van der Waals surface area contributed by atoms with Crippen molar-refractivity contribution in [2.45, 2.75) is 71.1 Å². The summed E-state index contributed by atoms with van der Waals surface area (Å²) in [4.78, 5) is 0. The molecule has 3 heteroatoms. The highest BCUT2D eigenvalue weighted by atomic mass is 16.5. The van der Waals surface area contributed by atoms with Gasteiger partial charge in [-0.05, 0) is 57.1 Å². The predicted molar refractivity (Wildman–Crippen MR) is 111 cm³/mol. The number of hydrogen-bond donors (Lipinski definition) is 0. The van der Waals surface area contributed by atoms with Crippen molar-refractivity contribution in [3.8, 4) is 11.8 Å². The number of quaternary nitrogens is 1. The molecule has 0 N–H and O–H groups in total. The molecule has 3 rings (SSSR count). The van der Waals surface area contributed by atoms with Gasteiger partial charge < -0.3 is 9.22 Å². The molecule has 0 spiro atoms. The van der Waals surface area contributed by atoms with E-state index in [4.69, 9.17) is 4.74 Å². The summed E-state index contributed by atoms with van der Waals surface area (Å²) in [6, 6.07) is 8.14. The van der Waals surface area contributed by atoms with Gasteiger partial charge in [-0.3, -0.25) is 0 Å². The minimum Gasteiger partial charge on any atom is -0.486 e. The molecule has 27 heavy (non-hydrogen) atoms. The molecule has 1 saturated heterocycles. The zero-order valence-electron chi connectivity index (χ0n) is 17.2. The Bertz CT molecular complexity index is 620. The van der Waals surface area contributed by atoms with E-state index in [9.17, 15) is 5.26 Å². The first-order chi connectivity index (χ1) is 13.2. The SMILES string of the molecule is Cc1cccc(C#N)c1OCC[N+]1(CC2CCCCC2)CCCCCCC1. The number of likely N-dealkylation sites (tertiary alicyclic amines) is 1. The van der Waals surface area contributed by atoms with Crippen LogP contribution in [0.4, 0.5) is 0 Å². The van der Waals surface area contributed by atoms with Crippen molar-refractivity contribution in [1.29, 1.82) is 5.26 Å². The van der Waals surface area contributed by atoms with Crippen LogP contribution in [0.1, 0.15) is 75.3 Å². The molecule has 0 radical (unpaired) electrons. The van der Waals surface area contributed by atoms with Crippen LogP contribution < -0.4 is 4.74 Å². The van der Waals surface area contributed by atoms with Crippen molar-refractivity contribution in [2.75, 3.05) is 32.8 Å². The molecular formula is C24H37N2O+. The Morgan fingerprint density at radius 2 is 1.67 bits per heavy atom. The van der Waals surface area contributed by atoms with Gasteiger partial charge in [-0.2, -0.15) is 5.26 Å². The number of nitrogens with zero attached hydrogens (tertiary/aromatic N) is 2. The van der Waals surface area contributed by atoms with Gasteiger partial charge in [0.15, 0.2) is 0 Å². The van der Waals surface area contributed by atoms with Gasteiger partial charge in [0, 0.05) is 5.92 Å². The lowest BCUT2D eigenvalue weighted by molar-refractivity contribution is -0.932. The number of rotatable bonds is 6. The van der Waals surface area contributed by atoms with Gasteiger partial charge in [0.05, 0.1) is 25.2 Å². The number of para-hydroxylation sites is 1. The summed E-state index contributed by atoms with van der Waals surface area (Å²) in [5.41, 5.74) is 1.74. The molecule has 1 heterocycles. The molecule has 0 aromatic heterocycles. The van der Waals surface area contributed by atoms with E-state index >= 15 is 0 Å². The van der Waals surface area contributed by atoms with Crippen LogP contribution in [0.5, 0.6) is 5.75 Å². The van der Waals surface area contributed by atoms with Crippen LogP contribution in [-0.4, -0.2) is 37.3 Å². The van der Waals surface area contributed by atoms with Crippen LogP contribution in [0.3, 0.4) is 0 Å². The standard InChI is InChI=1S/C24H37N2O/c1-21-11-10-14-23(19-25)24(21)27-18-17-26(15-8-3-2-4-9-16-26)20-22-12-6-5-7-13-22/h10-11,14,22H,2-9,12-13,15-18,20H2,1H3/q+1. The number of ether oxygens (including phenoxy) is 1. The predicted octanol–water partition coefficient (Wildman–Crippen LogP) is 5.61. The summed E-state index contributed by atoms with van der Waals surface area (Å²) < 4.78 is 7.46. The number of nitriles is 1. The minimum atomic E-state index is 0.668. The van der Waals surface area contributed by atoms with E-state index in [-0.39, 0.29) is 0 Å². The van der Waals surface area contributed by atoms with Gasteiger partial charge in [0.25, 0.3) is 0 Å². The fraction of sp³-hybridized carbons (Fsp3) is 0.708. The van der Waals surface area contributed by atoms with Gasteiger partial charge in [-0.25, -0.2) is 0 Å². The smallest absolute Gasteiger partial charge is 0.140 e. The average Bonchev–Trinajstić information content (AvgIpc) is 2.67. The molecule has 0 atom stereocenters. The van der Waals surface area contributed by atoms with Gasteiger partial charge in [0.2, 0.25) is 0 Å². The quantitative estimate of drug-likeness (QED) is 0.611. The van der Waals surface area contributed by atoms with Crippen molar-refractivity contribution in [3.05, 3.63) is 29.3 Å². The third-order valence-corrected chi connectivity index (χ3v) is 6.78. The molecule has 0 unspecified atom stereocenters. The number of hydrogen-bond acceptors (Lipinski definition) is 2. The van der Waals surface area contributed by atoms with Crippen LogP contribution >= 0.6 is 0 Å². The average molecular weight is 370 g/mol. The zero-order valence-corrected chi connectivity index (χ0v) is 17.2. The summed E-state index contributed by atoms with van der Waals surface area (Å²) >= 11 is 0. The Morgan fingerprint density at radius 3 is 2.37 bits per heavy atom. The topological polar surface area (TPSA) is 33.0 Å². The lowest BCUT2D eigenvalue weighted by Crippen LogP contribution is -2.54. The second kappa shape index (κ2) is 10.1. The van der Waals surface area contributed by atoms with E-state index < -0.39 is 0 Å². The summed E-state index contributed by atoms with van der Waals surface area (Å²) in [5.74, 6) is 1.70. The number of benzene rings is 1. The van der Waals surface area contributed by atoms with E-state index in [0.717, 1.165) is 30.4 Å². The first-order valence-electron chi connectivity index (χ1n) is 11.2. The van der Waals surface area contributed by atoms with Crippen molar-refractivity contribution >= 4 is 0 Å². The fourth-order valence-corrected chi connectivity index (χ4v) is 5.22. The molecule has 2 aliphatic rings. The molecule has 0 amide bonds. The van der Waals surface area contributed by atoms with Gasteiger partial charge in [0.1, 0.15) is 25.0 Å². The molecule has 148 valence electrons. The number of aryl methyl sites for hydroxylation is 1. The van der Waals surface area contributed by atoms with Crippen molar-refractivity contribution in [2.24, 2.45) is 5.92 Å². The first kappa shape index (κ1) is 20.2. The molecule has 1 saturated carbocycles. The van der Waals surface area contributed by atoms with Gasteiger partial charge >= 0.3 is 0 Å². The fourth-order valence-electron chi connectivity index (χ4n) is 5.22. The third-order valence-electron chi connectivity index (χ3n) is 6.78. The molecule has 0 bridgehead atoms. The van der Waals surface area contributed by atoms with Crippen LogP contribution in [0.15, 0.2) is 18.2 Å².